The summed E-state index contributed by atoms with van der Waals surface area (Å²) in [5.74, 6) is 1.40. The van der Waals surface area contributed by atoms with Crippen LogP contribution in [0.5, 0.6) is 11.5 Å². The second-order valence-corrected chi connectivity index (χ2v) is 6.20. The maximum atomic E-state index is 12.6. The van der Waals surface area contributed by atoms with Gasteiger partial charge in [0.1, 0.15) is 6.04 Å². The Morgan fingerprint density at radius 2 is 1.80 bits per heavy atom. The number of benzene rings is 2. The fourth-order valence-electron chi connectivity index (χ4n) is 2.73. The van der Waals surface area contributed by atoms with E-state index in [0.717, 1.165) is 24.0 Å². The Morgan fingerprint density at radius 1 is 1.08 bits per heavy atom. The SMILES string of the molecule is COc1ccc(CN[C@@H](C(=O)NC2CC2)c2ccccc2)cc1OC. The summed E-state index contributed by atoms with van der Waals surface area (Å²) in [5, 5.41) is 6.45. The van der Waals surface area contributed by atoms with Crippen LogP contribution in [0.1, 0.15) is 30.0 Å². The Balaban J connectivity index is 1.72. The Labute approximate surface area is 148 Å². The number of rotatable bonds is 8. The van der Waals surface area contributed by atoms with E-state index in [1.165, 1.54) is 0 Å². The largest absolute Gasteiger partial charge is 0.493 e. The zero-order valence-corrected chi connectivity index (χ0v) is 14.6. The molecule has 0 unspecified atom stereocenters. The highest BCUT2D eigenvalue weighted by molar-refractivity contribution is 5.83. The minimum atomic E-state index is -0.380. The molecule has 2 aromatic rings. The summed E-state index contributed by atoms with van der Waals surface area (Å²) in [6.07, 6.45) is 2.14. The van der Waals surface area contributed by atoms with Crippen LogP contribution in [0.3, 0.4) is 0 Å². The molecule has 1 atom stereocenters. The molecule has 0 bridgehead atoms. The number of amides is 1. The van der Waals surface area contributed by atoms with Gasteiger partial charge < -0.3 is 14.8 Å². The summed E-state index contributed by atoms with van der Waals surface area (Å²) in [7, 11) is 3.23. The van der Waals surface area contributed by atoms with Crippen LogP contribution in [0, 0.1) is 0 Å². The van der Waals surface area contributed by atoms with Crippen molar-refractivity contribution in [2.75, 3.05) is 14.2 Å². The first-order valence-electron chi connectivity index (χ1n) is 8.51. The molecule has 2 aromatic carbocycles. The van der Waals surface area contributed by atoms with E-state index in [1.807, 2.05) is 48.5 Å². The maximum absolute atomic E-state index is 12.6. The number of methoxy groups -OCH3 is 2. The minimum Gasteiger partial charge on any atom is -0.493 e. The number of carbonyl (C=O) groups is 1. The normalized spacial score (nSPS) is 14.6. The smallest absolute Gasteiger partial charge is 0.241 e. The van der Waals surface area contributed by atoms with E-state index in [4.69, 9.17) is 9.47 Å². The minimum absolute atomic E-state index is 0.0224. The molecular weight excluding hydrogens is 316 g/mol. The fraction of sp³-hybridized carbons (Fsp3) is 0.350. The van der Waals surface area contributed by atoms with Gasteiger partial charge in [-0.25, -0.2) is 0 Å². The van der Waals surface area contributed by atoms with E-state index in [9.17, 15) is 4.79 Å². The van der Waals surface area contributed by atoms with Crippen molar-refractivity contribution < 1.29 is 14.3 Å². The Morgan fingerprint density at radius 3 is 2.44 bits per heavy atom. The maximum Gasteiger partial charge on any atom is 0.241 e. The molecule has 0 heterocycles. The quantitative estimate of drug-likeness (QED) is 0.776. The zero-order valence-electron chi connectivity index (χ0n) is 14.6. The predicted octanol–water partition coefficient (Wildman–Crippen LogP) is 2.81. The van der Waals surface area contributed by atoms with E-state index in [1.54, 1.807) is 14.2 Å². The monoisotopic (exact) mass is 340 g/mol. The van der Waals surface area contributed by atoms with Gasteiger partial charge >= 0.3 is 0 Å². The van der Waals surface area contributed by atoms with Gasteiger partial charge in [-0.05, 0) is 36.1 Å². The summed E-state index contributed by atoms with van der Waals surface area (Å²) >= 11 is 0. The first-order chi connectivity index (χ1) is 12.2. The Kier molecular flexibility index (Phi) is 5.56. The lowest BCUT2D eigenvalue weighted by Crippen LogP contribution is -2.38. The molecule has 132 valence electrons. The van der Waals surface area contributed by atoms with Gasteiger partial charge in [0.25, 0.3) is 0 Å². The molecular formula is C20H24N2O3. The lowest BCUT2D eigenvalue weighted by molar-refractivity contribution is -0.123. The lowest BCUT2D eigenvalue weighted by Gasteiger charge is -2.19. The summed E-state index contributed by atoms with van der Waals surface area (Å²) in [6.45, 7) is 0.554. The van der Waals surface area contributed by atoms with Gasteiger partial charge in [0.05, 0.1) is 14.2 Å². The fourth-order valence-corrected chi connectivity index (χ4v) is 2.73. The third-order valence-corrected chi connectivity index (χ3v) is 4.28. The van der Waals surface area contributed by atoms with E-state index in [2.05, 4.69) is 10.6 Å². The second kappa shape index (κ2) is 8.03. The summed E-state index contributed by atoms with van der Waals surface area (Å²) in [5.41, 5.74) is 1.99. The van der Waals surface area contributed by atoms with E-state index in [-0.39, 0.29) is 11.9 Å². The van der Waals surface area contributed by atoms with Crippen LogP contribution in [0.25, 0.3) is 0 Å². The standard InChI is InChI=1S/C20H24N2O3/c1-24-17-11-8-14(12-18(17)25-2)13-21-19(15-6-4-3-5-7-15)20(23)22-16-9-10-16/h3-8,11-12,16,19,21H,9-10,13H2,1-2H3,(H,22,23)/t19-/m1/s1. The van der Waals surface area contributed by atoms with Gasteiger partial charge in [-0.2, -0.15) is 0 Å². The molecule has 1 aliphatic rings. The van der Waals surface area contributed by atoms with Gasteiger partial charge in [-0.15, -0.1) is 0 Å². The average Bonchev–Trinajstić information content (AvgIpc) is 3.46. The number of hydrogen-bond donors (Lipinski definition) is 2. The summed E-state index contributed by atoms with van der Waals surface area (Å²) in [4.78, 5) is 12.6. The molecule has 0 saturated heterocycles. The van der Waals surface area contributed by atoms with Crippen molar-refractivity contribution >= 4 is 5.91 Å². The highest BCUT2D eigenvalue weighted by Crippen LogP contribution is 2.28. The van der Waals surface area contributed by atoms with E-state index >= 15 is 0 Å². The average molecular weight is 340 g/mol. The number of hydrogen-bond acceptors (Lipinski definition) is 4. The van der Waals surface area contributed by atoms with E-state index < -0.39 is 0 Å². The molecule has 1 saturated carbocycles. The molecule has 1 fully saturated rings. The number of ether oxygens (including phenoxy) is 2. The van der Waals surface area contributed by atoms with Crippen molar-refractivity contribution in [2.24, 2.45) is 0 Å². The highest BCUT2D eigenvalue weighted by Gasteiger charge is 2.28. The third-order valence-electron chi connectivity index (χ3n) is 4.28. The summed E-state index contributed by atoms with van der Waals surface area (Å²) in [6, 6.07) is 15.5. The predicted molar refractivity (Wildman–Crippen MR) is 96.7 cm³/mol. The molecule has 0 aliphatic heterocycles. The molecule has 0 spiro atoms. The zero-order chi connectivity index (χ0) is 17.6. The van der Waals surface area contributed by atoms with Crippen molar-refractivity contribution in [3.63, 3.8) is 0 Å². The molecule has 0 radical (unpaired) electrons. The molecule has 5 nitrogen and oxygen atoms in total. The van der Waals surface area contributed by atoms with E-state index in [0.29, 0.717) is 24.1 Å². The van der Waals surface area contributed by atoms with Crippen LogP contribution in [0.4, 0.5) is 0 Å². The Hall–Kier alpha value is -2.53. The van der Waals surface area contributed by atoms with Crippen LogP contribution >= 0.6 is 0 Å². The van der Waals surface area contributed by atoms with Crippen LogP contribution < -0.4 is 20.1 Å². The van der Waals surface area contributed by atoms with Crippen LogP contribution in [-0.4, -0.2) is 26.2 Å². The van der Waals surface area contributed by atoms with Crippen LogP contribution in [0.2, 0.25) is 0 Å². The molecule has 2 N–H and O–H groups in total. The van der Waals surface area contributed by atoms with Gasteiger partial charge in [-0.1, -0.05) is 36.4 Å². The molecule has 25 heavy (non-hydrogen) atoms. The molecule has 5 heteroatoms. The molecule has 1 aliphatic carbocycles. The van der Waals surface area contributed by atoms with Crippen molar-refractivity contribution in [1.29, 1.82) is 0 Å². The van der Waals surface area contributed by atoms with Gasteiger partial charge in [0, 0.05) is 12.6 Å². The van der Waals surface area contributed by atoms with Crippen LogP contribution in [0.15, 0.2) is 48.5 Å². The first-order valence-corrected chi connectivity index (χ1v) is 8.51. The second-order valence-electron chi connectivity index (χ2n) is 6.20. The number of carbonyl (C=O) groups excluding carboxylic acids is 1. The van der Waals surface area contributed by atoms with Gasteiger partial charge in [0.2, 0.25) is 5.91 Å². The Bertz CT molecular complexity index is 714. The van der Waals surface area contributed by atoms with Gasteiger partial charge in [-0.3, -0.25) is 10.1 Å². The van der Waals surface area contributed by atoms with Crippen molar-refractivity contribution in [1.82, 2.24) is 10.6 Å². The molecule has 1 amide bonds. The third kappa shape index (κ3) is 4.51. The lowest BCUT2D eigenvalue weighted by atomic mass is 10.1. The highest BCUT2D eigenvalue weighted by atomic mass is 16.5. The van der Waals surface area contributed by atoms with Crippen molar-refractivity contribution in [3.8, 4) is 11.5 Å². The molecule has 3 rings (SSSR count). The number of nitrogens with one attached hydrogen (secondary N) is 2. The van der Waals surface area contributed by atoms with Gasteiger partial charge in [0.15, 0.2) is 11.5 Å². The van der Waals surface area contributed by atoms with Crippen molar-refractivity contribution in [3.05, 3.63) is 59.7 Å². The van der Waals surface area contributed by atoms with Crippen LogP contribution in [-0.2, 0) is 11.3 Å². The van der Waals surface area contributed by atoms with Crippen molar-refractivity contribution in [2.45, 2.75) is 31.5 Å². The topological polar surface area (TPSA) is 59.6 Å². The first kappa shape index (κ1) is 17.3. The summed E-state index contributed by atoms with van der Waals surface area (Å²) < 4.78 is 10.6. The molecule has 0 aromatic heterocycles.